The number of nitrogens with zero attached hydrogens (tertiary/aromatic N) is 2. The normalized spacial score (nSPS) is 10.5. The summed E-state index contributed by atoms with van der Waals surface area (Å²) in [7, 11) is 0. The molecule has 0 bridgehead atoms. The maximum atomic E-state index is 10.6. The number of fused-ring (bicyclic) bond motifs is 1. The number of hydrogen-bond acceptors (Lipinski definition) is 5. The molecule has 0 aliphatic rings. The van der Waals surface area contributed by atoms with Crippen LogP contribution in [0.25, 0.3) is 10.2 Å². The second-order valence-corrected chi connectivity index (χ2v) is 4.71. The molecule has 0 saturated heterocycles. The lowest BCUT2D eigenvalue weighted by molar-refractivity contribution is -0.384. The van der Waals surface area contributed by atoms with Gasteiger partial charge in [0.15, 0.2) is 0 Å². The third-order valence-electron chi connectivity index (χ3n) is 2.58. The van der Waals surface area contributed by atoms with Crippen LogP contribution in [-0.2, 0) is 0 Å². The average Bonchev–Trinajstić information content (AvgIpc) is 2.89. The standard InChI is InChI=1S/C13H8N2O3S/c16-15(17)9-1-3-10(4-2-9)18-12-5-7-14-11-6-8-19-13(11)12/h1-8H. The summed E-state index contributed by atoms with van der Waals surface area (Å²) in [5.41, 5.74) is 0.924. The summed E-state index contributed by atoms with van der Waals surface area (Å²) in [4.78, 5) is 14.4. The van der Waals surface area contributed by atoms with Crippen LogP contribution < -0.4 is 4.74 Å². The van der Waals surface area contributed by atoms with Crippen molar-refractivity contribution >= 4 is 27.2 Å². The van der Waals surface area contributed by atoms with E-state index in [1.54, 1.807) is 35.7 Å². The first-order valence-corrected chi connectivity index (χ1v) is 6.36. The molecule has 0 unspecified atom stereocenters. The molecule has 19 heavy (non-hydrogen) atoms. The summed E-state index contributed by atoms with van der Waals surface area (Å²) in [6, 6.07) is 9.70. The SMILES string of the molecule is O=[N+]([O-])c1ccc(Oc2ccnc3ccsc23)cc1. The maximum absolute atomic E-state index is 10.6. The first kappa shape index (κ1) is 11.6. The number of pyridine rings is 1. The van der Waals surface area contributed by atoms with Gasteiger partial charge in [-0.05, 0) is 23.6 Å². The summed E-state index contributed by atoms with van der Waals surface area (Å²) in [5.74, 6) is 1.26. The Morgan fingerprint density at radius 2 is 1.95 bits per heavy atom. The van der Waals surface area contributed by atoms with Crippen LogP contribution in [0.3, 0.4) is 0 Å². The fourth-order valence-corrected chi connectivity index (χ4v) is 2.49. The number of rotatable bonds is 3. The van der Waals surface area contributed by atoms with Crippen molar-refractivity contribution < 1.29 is 9.66 Å². The zero-order valence-corrected chi connectivity index (χ0v) is 10.5. The minimum Gasteiger partial charge on any atom is -0.456 e. The second kappa shape index (κ2) is 4.66. The zero-order chi connectivity index (χ0) is 13.2. The number of thiophene rings is 1. The number of aromatic nitrogens is 1. The summed E-state index contributed by atoms with van der Waals surface area (Å²) < 4.78 is 6.69. The van der Waals surface area contributed by atoms with Crippen LogP contribution in [0.4, 0.5) is 5.69 Å². The van der Waals surface area contributed by atoms with E-state index in [2.05, 4.69) is 4.98 Å². The Morgan fingerprint density at radius 1 is 1.16 bits per heavy atom. The van der Waals surface area contributed by atoms with Crippen LogP contribution in [0.1, 0.15) is 0 Å². The molecule has 3 rings (SSSR count). The fraction of sp³-hybridized carbons (Fsp3) is 0. The number of ether oxygens (including phenoxy) is 1. The average molecular weight is 272 g/mol. The Labute approximate surface area is 112 Å². The first-order chi connectivity index (χ1) is 9.24. The van der Waals surface area contributed by atoms with Gasteiger partial charge in [0.05, 0.1) is 15.1 Å². The first-order valence-electron chi connectivity index (χ1n) is 5.48. The number of nitro benzene ring substituents is 1. The van der Waals surface area contributed by atoms with E-state index in [4.69, 9.17) is 4.74 Å². The van der Waals surface area contributed by atoms with Gasteiger partial charge in [-0.1, -0.05) is 0 Å². The van der Waals surface area contributed by atoms with Gasteiger partial charge < -0.3 is 4.74 Å². The molecule has 1 aromatic carbocycles. The minimum atomic E-state index is -0.437. The van der Waals surface area contributed by atoms with Crippen LogP contribution in [0.15, 0.2) is 48.0 Å². The molecule has 0 spiro atoms. The zero-order valence-electron chi connectivity index (χ0n) is 9.65. The van der Waals surface area contributed by atoms with E-state index in [-0.39, 0.29) is 5.69 Å². The van der Waals surface area contributed by atoms with Crippen molar-refractivity contribution in [3.63, 3.8) is 0 Å². The smallest absolute Gasteiger partial charge is 0.269 e. The third kappa shape index (κ3) is 2.25. The molecule has 0 fully saturated rings. The van der Waals surface area contributed by atoms with Gasteiger partial charge >= 0.3 is 0 Å². The number of nitro groups is 1. The highest BCUT2D eigenvalue weighted by Crippen LogP contribution is 2.32. The van der Waals surface area contributed by atoms with Crippen LogP contribution in [-0.4, -0.2) is 9.91 Å². The van der Waals surface area contributed by atoms with Crippen LogP contribution >= 0.6 is 11.3 Å². The lowest BCUT2D eigenvalue weighted by Gasteiger charge is -2.05. The van der Waals surface area contributed by atoms with E-state index in [0.29, 0.717) is 11.5 Å². The predicted molar refractivity (Wildman–Crippen MR) is 72.8 cm³/mol. The molecular formula is C13H8N2O3S. The van der Waals surface area contributed by atoms with E-state index < -0.39 is 4.92 Å². The van der Waals surface area contributed by atoms with Crippen LogP contribution in [0, 0.1) is 10.1 Å². The molecule has 2 aromatic heterocycles. The molecule has 0 atom stereocenters. The highest BCUT2D eigenvalue weighted by atomic mass is 32.1. The highest BCUT2D eigenvalue weighted by molar-refractivity contribution is 7.17. The predicted octanol–water partition coefficient (Wildman–Crippen LogP) is 4.00. The summed E-state index contributed by atoms with van der Waals surface area (Å²) >= 11 is 1.55. The van der Waals surface area contributed by atoms with E-state index in [1.165, 1.54) is 12.1 Å². The Balaban J connectivity index is 1.92. The van der Waals surface area contributed by atoms with E-state index in [1.807, 2.05) is 11.4 Å². The second-order valence-electron chi connectivity index (χ2n) is 3.80. The van der Waals surface area contributed by atoms with Crippen LogP contribution in [0.2, 0.25) is 0 Å². The molecule has 0 amide bonds. The molecule has 0 radical (unpaired) electrons. The van der Waals surface area contributed by atoms with Gasteiger partial charge in [0.1, 0.15) is 11.5 Å². The van der Waals surface area contributed by atoms with Gasteiger partial charge in [-0.2, -0.15) is 0 Å². The number of benzene rings is 1. The Morgan fingerprint density at radius 3 is 2.68 bits per heavy atom. The molecule has 3 aromatic rings. The van der Waals surface area contributed by atoms with Crippen molar-refractivity contribution in [2.24, 2.45) is 0 Å². The van der Waals surface area contributed by atoms with Crippen molar-refractivity contribution in [3.05, 3.63) is 58.1 Å². The topological polar surface area (TPSA) is 65.3 Å². The summed E-state index contributed by atoms with van der Waals surface area (Å²) in [6.07, 6.45) is 1.68. The third-order valence-corrected chi connectivity index (χ3v) is 3.50. The van der Waals surface area contributed by atoms with Gasteiger partial charge in [-0.3, -0.25) is 15.1 Å². The van der Waals surface area contributed by atoms with Gasteiger partial charge in [-0.15, -0.1) is 11.3 Å². The molecule has 94 valence electrons. The molecule has 0 saturated carbocycles. The van der Waals surface area contributed by atoms with Crippen molar-refractivity contribution in [1.29, 1.82) is 0 Å². The molecule has 0 aliphatic heterocycles. The van der Waals surface area contributed by atoms with Gasteiger partial charge in [0, 0.05) is 24.4 Å². The minimum absolute atomic E-state index is 0.0448. The van der Waals surface area contributed by atoms with Gasteiger partial charge in [-0.25, -0.2) is 0 Å². The molecule has 6 heteroatoms. The quantitative estimate of drug-likeness (QED) is 0.534. The maximum Gasteiger partial charge on any atom is 0.269 e. The number of hydrogen-bond donors (Lipinski definition) is 0. The molecule has 2 heterocycles. The summed E-state index contributed by atoms with van der Waals surface area (Å²) in [5, 5.41) is 12.5. The van der Waals surface area contributed by atoms with Crippen molar-refractivity contribution in [1.82, 2.24) is 4.98 Å². The Kier molecular flexibility index (Phi) is 2.85. The van der Waals surface area contributed by atoms with Crippen molar-refractivity contribution in [2.45, 2.75) is 0 Å². The monoisotopic (exact) mass is 272 g/mol. The fourth-order valence-electron chi connectivity index (χ4n) is 1.69. The van der Waals surface area contributed by atoms with Gasteiger partial charge in [0.2, 0.25) is 0 Å². The Bertz CT molecular complexity index is 737. The molecule has 0 N–H and O–H groups in total. The summed E-state index contributed by atoms with van der Waals surface area (Å²) in [6.45, 7) is 0. The lowest BCUT2D eigenvalue weighted by atomic mass is 10.3. The van der Waals surface area contributed by atoms with E-state index in [0.717, 1.165) is 10.2 Å². The van der Waals surface area contributed by atoms with Gasteiger partial charge in [0.25, 0.3) is 5.69 Å². The number of non-ortho nitro benzene ring substituents is 1. The molecule has 0 aliphatic carbocycles. The largest absolute Gasteiger partial charge is 0.456 e. The molecular weight excluding hydrogens is 264 g/mol. The van der Waals surface area contributed by atoms with E-state index in [9.17, 15) is 10.1 Å². The highest BCUT2D eigenvalue weighted by Gasteiger charge is 2.08. The van der Waals surface area contributed by atoms with Crippen molar-refractivity contribution in [2.75, 3.05) is 0 Å². The lowest BCUT2D eigenvalue weighted by Crippen LogP contribution is -1.88. The molecule has 5 nitrogen and oxygen atoms in total. The van der Waals surface area contributed by atoms with E-state index >= 15 is 0 Å². The van der Waals surface area contributed by atoms with Crippen LogP contribution in [0.5, 0.6) is 11.5 Å². The Hall–Kier alpha value is -2.47. The van der Waals surface area contributed by atoms with Crippen molar-refractivity contribution in [3.8, 4) is 11.5 Å².